The van der Waals surface area contributed by atoms with Crippen LogP contribution in [0.15, 0.2) is 0 Å². The molecule has 0 aromatic rings. The van der Waals surface area contributed by atoms with E-state index in [9.17, 15) is 0 Å². The predicted molar refractivity (Wildman–Crippen MR) is 69.6 cm³/mol. The molecular formula is C14H28N2. The van der Waals surface area contributed by atoms with Crippen molar-refractivity contribution in [3.63, 3.8) is 0 Å². The van der Waals surface area contributed by atoms with Gasteiger partial charge in [-0.3, -0.25) is 4.90 Å². The minimum absolute atomic E-state index is 0.405. The van der Waals surface area contributed by atoms with Crippen molar-refractivity contribution in [2.45, 2.75) is 52.5 Å². The quantitative estimate of drug-likeness (QED) is 0.789. The Morgan fingerprint density at radius 3 is 2.62 bits per heavy atom. The summed E-state index contributed by atoms with van der Waals surface area (Å²) in [5.41, 5.74) is 0.879. The molecule has 0 radical (unpaired) electrons. The molecule has 0 aromatic heterocycles. The smallest absolute Gasteiger partial charge is 0.0309 e. The van der Waals surface area contributed by atoms with Gasteiger partial charge in [-0.05, 0) is 37.5 Å². The minimum atomic E-state index is 0.405. The Balaban J connectivity index is 1.91. The van der Waals surface area contributed by atoms with Gasteiger partial charge in [0.25, 0.3) is 0 Å². The number of nitrogens with zero attached hydrogens (tertiary/aromatic N) is 1. The van der Waals surface area contributed by atoms with Gasteiger partial charge in [0, 0.05) is 31.7 Å². The zero-order chi connectivity index (χ0) is 11.8. The summed E-state index contributed by atoms with van der Waals surface area (Å²) in [7, 11) is 0. The van der Waals surface area contributed by atoms with Gasteiger partial charge in [-0.1, -0.05) is 20.8 Å². The second kappa shape index (κ2) is 4.30. The van der Waals surface area contributed by atoms with Gasteiger partial charge in [-0.25, -0.2) is 0 Å². The largest absolute Gasteiger partial charge is 0.309 e. The first kappa shape index (κ1) is 12.4. The fourth-order valence-electron chi connectivity index (χ4n) is 2.95. The zero-order valence-corrected chi connectivity index (χ0v) is 11.5. The second-order valence-corrected chi connectivity index (χ2v) is 6.85. The minimum Gasteiger partial charge on any atom is -0.309 e. The van der Waals surface area contributed by atoms with Crippen molar-refractivity contribution in [3.05, 3.63) is 0 Å². The first-order chi connectivity index (χ1) is 7.45. The summed E-state index contributed by atoms with van der Waals surface area (Å²) < 4.78 is 0. The first-order valence-electron chi connectivity index (χ1n) is 6.93. The number of hydrogen-bond donors (Lipinski definition) is 1. The molecule has 94 valence electrons. The number of piperazine rings is 1. The molecule has 16 heavy (non-hydrogen) atoms. The van der Waals surface area contributed by atoms with Gasteiger partial charge >= 0.3 is 0 Å². The number of rotatable bonds is 4. The summed E-state index contributed by atoms with van der Waals surface area (Å²) in [4.78, 5) is 2.68. The molecule has 2 nitrogen and oxygen atoms in total. The lowest BCUT2D eigenvalue weighted by molar-refractivity contribution is 0.0884. The summed E-state index contributed by atoms with van der Waals surface area (Å²) in [6.45, 7) is 14.4. The third-order valence-electron chi connectivity index (χ3n) is 4.60. The molecule has 0 aromatic carbocycles. The lowest BCUT2D eigenvalue weighted by Gasteiger charge is -2.44. The summed E-state index contributed by atoms with van der Waals surface area (Å²) >= 11 is 0. The molecular weight excluding hydrogens is 196 g/mol. The molecule has 1 aliphatic carbocycles. The Morgan fingerprint density at radius 2 is 2.06 bits per heavy atom. The Labute approximate surface area is 101 Å². The van der Waals surface area contributed by atoms with E-state index in [0.717, 1.165) is 5.92 Å². The third kappa shape index (κ3) is 2.78. The van der Waals surface area contributed by atoms with Crippen molar-refractivity contribution in [2.75, 3.05) is 26.2 Å². The lowest BCUT2D eigenvalue weighted by Crippen LogP contribution is -2.61. The van der Waals surface area contributed by atoms with E-state index < -0.39 is 0 Å². The van der Waals surface area contributed by atoms with E-state index in [0.29, 0.717) is 11.0 Å². The van der Waals surface area contributed by atoms with Crippen molar-refractivity contribution in [1.29, 1.82) is 0 Å². The Kier molecular flexibility index (Phi) is 3.33. The van der Waals surface area contributed by atoms with Gasteiger partial charge in [0.1, 0.15) is 0 Å². The highest BCUT2D eigenvalue weighted by Crippen LogP contribution is 2.41. The molecule has 2 heteroatoms. The van der Waals surface area contributed by atoms with Crippen LogP contribution in [0.1, 0.15) is 47.0 Å². The normalized spacial score (nSPS) is 33.0. The number of hydrogen-bond acceptors (Lipinski definition) is 2. The molecule has 0 bridgehead atoms. The van der Waals surface area contributed by atoms with Crippen LogP contribution in [0, 0.1) is 11.3 Å². The summed E-state index contributed by atoms with van der Waals surface area (Å²) in [5.74, 6) is 0.944. The van der Waals surface area contributed by atoms with Gasteiger partial charge < -0.3 is 5.32 Å². The highest BCUT2D eigenvalue weighted by Gasteiger charge is 2.44. The number of nitrogens with one attached hydrogen (secondary N) is 1. The van der Waals surface area contributed by atoms with Gasteiger partial charge in [-0.2, -0.15) is 0 Å². The molecule has 1 aliphatic heterocycles. The highest BCUT2D eigenvalue weighted by atomic mass is 15.2. The van der Waals surface area contributed by atoms with E-state index in [1.54, 1.807) is 0 Å². The Morgan fingerprint density at radius 1 is 1.38 bits per heavy atom. The highest BCUT2D eigenvalue weighted by molar-refractivity contribution is 5.02. The predicted octanol–water partition coefficient (Wildman–Crippen LogP) is 2.50. The molecule has 2 fully saturated rings. The van der Waals surface area contributed by atoms with E-state index in [4.69, 9.17) is 0 Å². The van der Waals surface area contributed by atoms with Crippen LogP contribution in [0.4, 0.5) is 0 Å². The van der Waals surface area contributed by atoms with E-state index in [2.05, 4.69) is 37.9 Å². The molecule has 1 atom stereocenters. The SMILES string of the molecule is CCC(C)(C)CN1CCNC(C)(C2CC2)C1. The molecule has 1 saturated heterocycles. The topological polar surface area (TPSA) is 15.3 Å². The van der Waals surface area contributed by atoms with E-state index >= 15 is 0 Å². The zero-order valence-electron chi connectivity index (χ0n) is 11.5. The van der Waals surface area contributed by atoms with Crippen molar-refractivity contribution in [3.8, 4) is 0 Å². The third-order valence-corrected chi connectivity index (χ3v) is 4.60. The molecule has 1 heterocycles. The van der Waals surface area contributed by atoms with E-state index in [1.165, 1.54) is 45.4 Å². The van der Waals surface area contributed by atoms with Crippen LogP contribution in [-0.2, 0) is 0 Å². The fraction of sp³-hybridized carbons (Fsp3) is 1.00. The first-order valence-corrected chi connectivity index (χ1v) is 6.93. The molecule has 1 unspecified atom stereocenters. The average Bonchev–Trinajstić information content (AvgIpc) is 3.00. The van der Waals surface area contributed by atoms with Crippen LogP contribution in [0.2, 0.25) is 0 Å². The van der Waals surface area contributed by atoms with Crippen LogP contribution in [0.3, 0.4) is 0 Å². The van der Waals surface area contributed by atoms with Gasteiger partial charge in [-0.15, -0.1) is 0 Å². The van der Waals surface area contributed by atoms with E-state index in [1.807, 2.05) is 0 Å². The lowest BCUT2D eigenvalue weighted by atomic mass is 9.87. The maximum atomic E-state index is 3.75. The van der Waals surface area contributed by atoms with Gasteiger partial charge in [0.2, 0.25) is 0 Å². The monoisotopic (exact) mass is 224 g/mol. The average molecular weight is 224 g/mol. The summed E-state index contributed by atoms with van der Waals surface area (Å²) in [6, 6.07) is 0. The fourth-order valence-corrected chi connectivity index (χ4v) is 2.95. The van der Waals surface area contributed by atoms with Crippen LogP contribution >= 0.6 is 0 Å². The van der Waals surface area contributed by atoms with Crippen LogP contribution in [-0.4, -0.2) is 36.6 Å². The maximum Gasteiger partial charge on any atom is 0.0309 e. The molecule has 2 aliphatic rings. The van der Waals surface area contributed by atoms with Crippen LogP contribution in [0.5, 0.6) is 0 Å². The van der Waals surface area contributed by atoms with Crippen molar-refractivity contribution >= 4 is 0 Å². The van der Waals surface area contributed by atoms with Crippen molar-refractivity contribution in [2.24, 2.45) is 11.3 Å². The molecule has 0 amide bonds. The van der Waals surface area contributed by atoms with Crippen molar-refractivity contribution < 1.29 is 0 Å². The molecule has 0 spiro atoms. The van der Waals surface area contributed by atoms with Gasteiger partial charge in [0.15, 0.2) is 0 Å². The Hall–Kier alpha value is -0.0800. The van der Waals surface area contributed by atoms with Crippen molar-refractivity contribution in [1.82, 2.24) is 10.2 Å². The summed E-state index contributed by atoms with van der Waals surface area (Å²) in [5, 5.41) is 3.75. The van der Waals surface area contributed by atoms with E-state index in [-0.39, 0.29) is 0 Å². The molecule has 2 rings (SSSR count). The standard InChI is InChI=1S/C14H28N2/c1-5-13(2,3)10-16-9-8-15-14(4,11-16)12-6-7-12/h12,15H,5-11H2,1-4H3. The Bertz CT molecular complexity index is 245. The summed E-state index contributed by atoms with van der Waals surface area (Å²) in [6.07, 6.45) is 4.15. The maximum absolute atomic E-state index is 3.75. The van der Waals surface area contributed by atoms with Crippen LogP contribution < -0.4 is 5.32 Å². The molecule has 1 N–H and O–H groups in total. The van der Waals surface area contributed by atoms with Gasteiger partial charge in [0.05, 0.1) is 0 Å². The molecule has 1 saturated carbocycles. The van der Waals surface area contributed by atoms with Crippen LogP contribution in [0.25, 0.3) is 0 Å². The second-order valence-electron chi connectivity index (χ2n) is 6.85.